The highest BCUT2D eigenvalue weighted by molar-refractivity contribution is 7.92. The van der Waals surface area contributed by atoms with Gasteiger partial charge >= 0.3 is 0 Å². The van der Waals surface area contributed by atoms with E-state index in [-0.39, 0.29) is 17.5 Å². The van der Waals surface area contributed by atoms with Gasteiger partial charge in [-0.05, 0) is 75.6 Å². The van der Waals surface area contributed by atoms with Gasteiger partial charge in [0, 0.05) is 5.02 Å². The van der Waals surface area contributed by atoms with Gasteiger partial charge in [-0.2, -0.15) is 0 Å². The number of sulfonamides is 1. The third-order valence-corrected chi connectivity index (χ3v) is 7.86. The molecule has 5 nitrogen and oxygen atoms in total. The Kier molecular flexibility index (Phi) is 7.50. The van der Waals surface area contributed by atoms with E-state index in [9.17, 15) is 13.2 Å². The van der Waals surface area contributed by atoms with Crippen LogP contribution in [0, 0.1) is 27.7 Å². The van der Waals surface area contributed by atoms with Crippen LogP contribution in [-0.2, 0) is 14.8 Å². The van der Waals surface area contributed by atoms with Gasteiger partial charge in [0.05, 0.1) is 16.6 Å². The van der Waals surface area contributed by atoms with Gasteiger partial charge in [0.25, 0.3) is 10.0 Å². The van der Waals surface area contributed by atoms with Crippen LogP contribution in [-0.4, -0.2) is 20.9 Å². The fraction of sp³-hybridized carbons (Fsp3) is 0.269. The number of amides is 1. The normalized spacial score (nSPS) is 12.3. The molecule has 1 atom stereocenters. The van der Waals surface area contributed by atoms with Crippen molar-refractivity contribution < 1.29 is 13.2 Å². The zero-order valence-corrected chi connectivity index (χ0v) is 21.1. The van der Waals surface area contributed by atoms with Gasteiger partial charge in [0.1, 0.15) is 6.54 Å². The monoisotopic (exact) mass is 484 g/mol. The van der Waals surface area contributed by atoms with E-state index in [0.29, 0.717) is 16.3 Å². The first kappa shape index (κ1) is 24.8. The summed E-state index contributed by atoms with van der Waals surface area (Å²) in [6.07, 6.45) is 0. The molecule has 0 spiro atoms. The van der Waals surface area contributed by atoms with Crippen molar-refractivity contribution in [3.63, 3.8) is 0 Å². The van der Waals surface area contributed by atoms with Gasteiger partial charge in [-0.15, -0.1) is 0 Å². The number of nitrogens with zero attached hydrogens (tertiary/aromatic N) is 1. The maximum atomic E-state index is 13.6. The molecule has 3 aromatic carbocycles. The Hall–Kier alpha value is -2.83. The van der Waals surface area contributed by atoms with Gasteiger partial charge in [0.2, 0.25) is 5.91 Å². The minimum Gasteiger partial charge on any atom is -0.348 e. The first-order chi connectivity index (χ1) is 15.5. The summed E-state index contributed by atoms with van der Waals surface area (Å²) in [4.78, 5) is 13.2. The number of aryl methyl sites for hydroxylation is 3. The third-order valence-electron chi connectivity index (χ3n) is 5.67. The average Bonchev–Trinajstić information content (AvgIpc) is 2.74. The van der Waals surface area contributed by atoms with E-state index in [2.05, 4.69) is 11.4 Å². The highest BCUT2D eigenvalue weighted by Crippen LogP contribution is 2.31. The number of carbonyl (C=O) groups excluding carboxylic acids is 1. The molecule has 1 N–H and O–H groups in total. The lowest BCUT2D eigenvalue weighted by atomic mass is 10.0. The van der Waals surface area contributed by atoms with Crippen molar-refractivity contribution in [2.75, 3.05) is 10.8 Å². The zero-order valence-electron chi connectivity index (χ0n) is 19.5. The standard InChI is InChI=1S/C26H29ClN2O3S/c1-17-9-12-22(13-10-17)33(31,32)29(25-8-6-7-24(27)20(25)4)16-26(30)28-21(5)23-14-11-18(2)15-19(23)3/h6-15,21H,16H2,1-5H3,(H,28,30). The molecule has 7 heteroatoms. The van der Waals surface area contributed by atoms with Crippen molar-refractivity contribution in [3.05, 3.63) is 93.5 Å². The second-order valence-corrected chi connectivity index (χ2v) is 10.6. The molecule has 0 saturated carbocycles. The summed E-state index contributed by atoms with van der Waals surface area (Å²) in [5.74, 6) is -0.405. The van der Waals surface area contributed by atoms with E-state index in [1.807, 2.05) is 39.8 Å². The highest BCUT2D eigenvalue weighted by atomic mass is 35.5. The third kappa shape index (κ3) is 5.57. The molecule has 0 radical (unpaired) electrons. The predicted molar refractivity (Wildman–Crippen MR) is 134 cm³/mol. The summed E-state index contributed by atoms with van der Waals surface area (Å²) in [5.41, 5.74) is 5.10. The van der Waals surface area contributed by atoms with E-state index in [1.54, 1.807) is 49.4 Å². The van der Waals surface area contributed by atoms with Gasteiger partial charge < -0.3 is 5.32 Å². The summed E-state index contributed by atoms with van der Waals surface area (Å²) in [6, 6.07) is 17.4. The lowest BCUT2D eigenvalue weighted by Gasteiger charge is -2.27. The van der Waals surface area contributed by atoms with Crippen LogP contribution in [0.4, 0.5) is 5.69 Å². The SMILES string of the molecule is Cc1ccc(S(=O)(=O)N(CC(=O)NC(C)c2ccc(C)cc2C)c2cccc(Cl)c2C)cc1. The Morgan fingerprint density at radius 1 is 0.970 bits per heavy atom. The molecule has 0 saturated heterocycles. The summed E-state index contributed by atoms with van der Waals surface area (Å²) in [6.45, 7) is 9.16. The number of anilines is 1. The van der Waals surface area contributed by atoms with Crippen LogP contribution >= 0.6 is 11.6 Å². The Morgan fingerprint density at radius 3 is 2.24 bits per heavy atom. The zero-order chi connectivity index (χ0) is 24.3. The lowest BCUT2D eigenvalue weighted by molar-refractivity contribution is -0.120. The second kappa shape index (κ2) is 9.98. The van der Waals surface area contributed by atoms with Crippen LogP contribution in [0.25, 0.3) is 0 Å². The van der Waals surface area contributed by atoms with E-state index in [0.717, 1.165) is 26.6 Å². The van der Waals surface area contributed by atoms with Crippen molar-refractivity contribution in [2.45, 2.75) is 45.6 Å². The first-order valence-corrected chi connectivity index (χ1v) is 12.5. The van der Waals surface area contributed by atoms with Crippen molar-refractivity contribution >= 4 is 33.2 Å². The van der Waals surface area contributed by atoms with Crippen molar-refractivity contribution in [1.29, 1.82) is 0 Å². The molecular formula is C26H29ClN2O3S. The number of hydrogen-bond donors (Lipinski definition) is 1. The average molecular weight is 485 g/mol. The first-order valence-electron chi connectivity index (χ1n) is 10.7. The molecule has 174 valence electrons. The molecule has 0 bridgehead atoms. The van der Waals surface area contributed by atoms with Gasteiger partial charge in [0.15, 0.2) is 0 Å². The minimum atomic E-state index is -4.01. The molecule has 33 heavy (non-hydrogen) atoms. The number of benzene rings is 3. The molecule has 3 aromatic rings. The summed E-state index contributed by atoms with van der Waals surface area (Å²) < 4.78 is 28.3. The van der Waals surface area contributed by atoms with Crippen molar-refractivity contribution in [2.24, 2.45) is 0 Å². The number of rotatable bonds is 7. The van der Waals surface area contributed by atoms with Crippen molar-refractivity contribution in [1.82, 2.24) is 5.32 Å². The predicted octanol–water partition coefficient (Wildman–Crippen LogP) is 5.65. The Bertz CT molecular complexity index is 1270. The van der Waals surface area contributed by atoms with E-state index in [4.69, 9.17) is 11.6 Å². The largest absolute Gasteiger partial charge is 0.348 e. The molecule has 1 unspecified atom stereocenters. The highest BCUT2D eigenvalue weighted by Gasteiger charge is 2.29. The molecule has 0 aromatic heterocycles. The van der Waals surface area contributed by atoms with Gasteiger partial charge in [-0.1, -0.05) is 59.1 Å². The smallest absolute Gasteiger partial charge is 0.264 e. The fourth-order valence-corrected chi connectivity index (χ4v) is 5.46. The van der Waals surface area contributed by atoms with Crippen LogP contribution in [0.5, 0.6) is 0 Å². The fourth-order valence-electron chi connectivity index (χ4n) is 3.81. The van der Waals surface area contributed by atoms with Crippen LogP contribution in [0.15, 0.2) is 65.6 Å². The Morgan fingerprint density at radius 2 is 1.61 bits per heavy atom. The molecule has 0 fully saturated rings. The van der Waals surface area contributed by atoms with Gasteiger partial charge in [-0.3, -0.25) is 9.10 Å². The van der Waals surface area contributed by atoms with E-state index in [1.165, 1.54) is 0 Å². The lowest BCUT2D eigenvalue weighted by Crippen LogP contribution is -2.42. The second-order valence-electron chi connectivity index (χ2n) is 8.36. The van der Waals surface area contributed by atoms with Crippen LogP contribution in [0.2, 0.25) is 5.02 Å². The number of carbonyl (C=O) groups is 1. The maximum Gasteiger partial charge on any atom is 0.264 e. The summed E-state index contributed by atoms with van der Waals surface area (Å²) in [7, 11) is -4.01. The van der Waals surface area contributed by atoms with Crippen LogP contribution < -0.4 is 9.62 Å². The molecule has 3 rings (SSSR count). The quantitative estimate of drug-likeness (QED) is 0.471. The summed E-state index contributed by atoms with van der Waals surface area (Å²) in [5, 5.41) is 3.38. The number of nitrogens with one attached hydrogen (secondary N) is 1. The van der Waals surface area contributed by atoms with Crippen LogP contribution in [0.3, 0.4) is 0 Å². The molecule has 1 amide bonds. The molecule has 0 aliphatic heterocycles. The minimum absolute atomic E-state index is 0.114. The van der Waals surface area contributed by atoms with E-state index >= 15 is 0 Å². The topological polar surface area (TPSA) is 66.5 Å². The van der Waals surface area contributed by atoms with Crippen LogP contribution in [0.1, 0.15) is 40.8 Å². The number of halogens is 1. The Balaban J connectivity index is 1.95. The molecule has 0 heterocycles. The number of hydrogen-bond acceptors (Lipinski definition) is 3. The maximum absolute atomic E-state index is 13.6. The molecule has 0 aliphatic carbocycles. The molecular weight excluding hydrogens is 456 g/mol. The Labute approximate surface area is 201 Å². The van der Waals surface area contributed by atoms with Gasteiger partial charge in [-0.25, -0.2) is 8.42 Å². The summed E-state index contributed by atoms with van der Waals surface area (Å²) >= 11 is 6.28. The van der Waals surface area contributed by atoms with E-state index < -0.39 is 15.9 Å². The molecule has 0 aliphatic rings. The van der Waals surface area contributed by atoms with Crippen molar-refractivity contribution in [3.8, 4) is 0 Å².